The van der Waals surface area contributed by atoms with E-state index in [4.69, 9.17) is 11.6 Å². The lowest BCUT2D eigenvalue weighted by atomic mass is 10.1. The first kappa shape index (κ1) is 16.3. The Bertz CT molecular complexity index is 366. The number of halogens is 1. The maximum atomic E-state index is 6.35. The molecule has 0 aromatic heterocycles. The van der Waals surface area contributed by atoms with Gasteiger partial charge in [0, 0.05) is 36.4 Å². The summed E-state index contributed by atoms with van der Waals surface area (Å²) >= 11 is 6.35. The number of benzene rings is 1. The summed E-state index contributed by atoms with van der Waals surface area (Å²) in [6, 6.07) is 6.19. The summed E-state index contributed by atoms with van der Waals surface area (Å²) in [5.74, 6) is 0. The van der Waals surface area contributed by atoms with Gasteiger partial charge in [-0.05, 0) is 31.5 Å². The minimum Gasteiger partial charge on any atom is -0.374 e. The van der Waals surface area contributed by atoms with Crippen molar-refractivity contribution in [2.45, 2.75) is 46.1 Å². The molecule has 0 aliphatic heterocycles. The monoisotopic (exact) mass is 282 g/mol. The highest BCUT2D eigenvalue weighted by molar-refractivity contribution is 6.31. The number of hydrogen-bond donors (Lipinski definition) is 1. The Morgan fingerprint density at radius 3 is 2.63 bits per heavy atom. The molecule has 0 fully saturated rings. The number of unbranched alkanes of at least 4 members (excludes halogenated alkanes) is 2. The van der Waals surface area contributed by atoms with Crippen LogP contribution in [0.5, 0.6) is 0 Å². The first-order valence-electron chi connectivity index (χ1n) is 7.39. The van der Waals surface area contributed by atoms with Gasteiger partial charge in [0.2, 0.25) is 0 Å². The molecule has 0 amide bonds. The van der Waals surface area contributed by atoms with Crippen LogP contribution in [0.4, 0.5) is 5.69 Å². The third kappa shape index (κ3) is 5.42. The van der Waals surface area contributed by atoms with Gasteiger partial charge in [0.25, 0.3) is 0 Å². The molecule has 0 spiro atoms. The third-order valence-corrected chi connectivity index (χ3v) is 3.69. The first-order chi connectivity index (χ1) is 9.20. The Kier molecular flexibility index (Phi) is 7.92. The summed E-state index contributed by atoms with van der Waals surface area (Å²) in [5.41, 5.74) is 2.48. The number of rotatable bonds is 9. The zero-order chi connectivity index (χ0) is 14.1. The minimum atomic E-state index is 0.848. The Balaban J connectivity index is 2.71. The predicted octanol–water partition coefficient (Wildman–Crippen LogP) is 4.47. The molecule has 0 atom stereocenters. The summed E-state index contributed by atoms with van der Waals surface area (Å²) in [5, 5.41) is 4.31. The lowest BCUT2D eigenvalue weighted by molar-refractivity contribution is 0.669. The molecule has 0 bridgehead atoms. The number of nitrogens with zero attached hydrogens (tertiary/aromatic N) is 1. The molecule has 0 aliphatic rings. The number of anilines is 1. The first-order valence-corrected chi connectivity index (χ1v) is 7.77. The SMILES string of the molecule is CCCCCN(C)c1cccc(Cl)c1CNCCC. The summed E-state index contributed by atoms with van der Waals surface area (Å²) in [7, 11) is 2.16. The van der Waals surface area contributed by atoms with E-state index in [9.17, 15) is 0 Å². The molecule has 0 aliphatic carbocycles. The molecule has 1 rings (SSSR count). The molecule has 2 nitrogen and oxygen atoms in total. The molecule has 0 heterocycles. The van der Waals surface area contributed by atoms with Crippen LogP contribution < -0.4 is 10.2 Å². The van der Waals surface area contributed by atoms with Crippen molar-refractivity contribution in [3.63, 3.8) is 0 Å². The average Bonchev–Trinajstić information content (AvgIpc) is 2.41. The minimum absolute atomic E-state index is 0.848. The lowest BCUT2D eigenvalue weighted by Gasteiger charge is -2.23. The Morgan fingerprint density at radius 2 is 1.95 bits per heavy atom. The summed E-state index contributed by atoms with van der Waals surface area (Å²) < 4.78 is 0. The van der Waals surface area contributed by atoms with E-state index in [1.807, 2.05) is 12.1 Å². The van der Waals surface area contributed by atoms with Crippen LogP contribution in [0.15, 0.2) is 18.2 Å². The van der Waals surface area contributed by atoms with E-state index in [-0.39, 0.29) is 0 Å². The highest BCUT2D eigenvalue weighted by atomic mass is 35.5. The molecule has 1 N–H and O–H groups in total. The van der Waals surface area contributed by atoms with Crippen molar-refractivity contribution in [2.24, 2.45) is 0 Å². The van der Waals surface area contributed by atoms with Crippen molar-refractivity contribution >= 4 is 17.3 Å². The van der Waals surface area contributed by atoms with Gasteiger partial charge in [-0.1, -0.05) is 44.4 Å². The van der Waals surface area contributed by atoms with Crippen molar-refractivity contribution in [3.8, 4) is 0 Å². The van der Waals surface area contributed by atoms with Crippen LogP contribution in [0.25, 0.3) is 0 Å². The van der Waals surface area contributed by atoms with Gasteiger partial charge in [-0.2, -0.15) is 0 Å². The fourth-order valence-electron chi connectivity index (χ4n) is 2.19. The maximum Gasteiger partial charge on any atom is 0.0471 e. The molecule has 108 valence electrons. The van der Waals surface area contributed by atoms with Gasteiger partial charge < -0.3 is 10.2 Å². The van der Waals surface area contributed by atoms with Crippen molar-refractivity contribution in [2.75, 3.05) is 25.0 Å². The van der Waals surface area contributed by atoms with Gasteiger partial charge in [-0.15, -0.1) is 0 Å². The topological polar surface area (TPSA) is 15.3 Å². The molecular formula is C16H27ClN2. The van der Waals surface area contributed by atoms with Crippen LogP contribution in [0.2, 0.25) is 5.02 Å². The molecule has 0 saturated carbocycles. The van der Waals surface area contributed by atoms with E-state index < -0.39 is 0 Å². The van der Waals surface area contributed by atoms with Gasteiger partial charge >= 0.3 is 0 Å². The smallest absolute Gasteiger partial charge is 0.0471 e. The van der Waals surface area contributed by atoms with E-state index in [2.05, 4.69) is 37.2 Å². The van der Waals surface area contributed by atoms with Gasteiger partial charge in [0.15, 0.2) is 0 Å². The van der Waals surface area contributed by atoms with Gasteiger partial charge in [-0.25, -0.2) is 0 Å². The Labute approximate surface area is 123 Å². The Hall–Kier alpha value is -0.730. The molecule has 1 aromatic rings. The zero-order valence-corrected chi connectivity index (χ0v) is 13.3. The number of nitrogens with one attached hydrogen (secondary N) is 1. The van der Waals surface area contributed by atoms with Crippen LogP contribution in [0.3, 0.4) is 0 Å². The Morgan fingerprint density at radius 1 is 1.16 bits per heavy atom. The fraction of sp³-hybridized carbons (Fsp3) is 0.625. The summed E-state index contributed by atoms with van der Waals surface area (Å²) in [6.07, 6.45) is 4.93. The van der Waals surface area contributed by atoms with Crippen LogP contribution in [0.1, 0.15) is 45.1 Å². The quantitative estimate of drug-likeness (QED) is 0.673. The van der Waals surface area contributed by atoms with Crippen LogP contribution in [0, 0.1) is 0 Å². The maximum absolute atomic E-state index is 6.35. The van der Waals surface area contributed by atoms with Crippen LogP contribution in [-0.4, -0.2) is 20.1 Å². The lowest BCUT2D eigenvalue weighted by Crippen LogP contribution is -2.22. The van der Waals surface area contributed by atoms with Gasteiger partial charge in [0.05, 0.1) is 0 Å². The van der Waals surface area contributed by atoms with E-state index in [1.54, 1.807) is 0 Å². The highest BCUT2D eigenvalue weighted by Crippen LogP contribution is 2.27. The molecule has 0 radical (unpaired) electrons. The molecule has 19 heavy (non-hydrogen) atoms. The van der Waals surface area contributed by atoms with Crippen molar-refractivity contribution in [1.82, 2.24) is 5.32 Å². The van der Waals surface area contributed by atoms with E-state index >= 15 is 0 Å². The fourth-order valence-corrected chi connectivity index (χ4v) is 2.43. The van der Waals surface area contributed by atoms with Crippen molar-refractivity contribution in [1.29, 1.82) is 0 Å². The normalized spacial score (nSPS) is 10.7. The summed E-state index contributed by atoms with van der Waals surface area (Å²) in [4.78, 5) is 2.32. The third-order valence-electron chi connectivity index (χ3n) is 3.33. The summed E-state index contributed by atoms with van der Waals surface area (Å²) in [6.45, 7) is 7.39. The standard InChI is InChI=1S/C16H27ClN2/c1-4-6-7-12-19(3)16-10-8-9-15(17)14(16)13-18-11-5-2/h8-10,18H,4-7,11-13H2,1-3H3. The van der Waals surface area contributed by atoms with Crippen molar-refractivity contribution in [3.05, 3.63) is 28.8 Å². The molecule has 0 saturated heterocycles. The second-order valence-corrected chi connectivity index (χ2v) is 5.45. The average molecular weight is 283 g/mol. The zero-order valence-electron chi connectivity index (χ0n) is 12.5. The van der Waals surface area contributed by atoms with Crippen LogP contribution in [-0.2, 0) is 6.54 Å². The molecule has 3 heteroatoms. The molecular weight excluding hydrogens is 256 g/mol. The van der Waals surface area contributed by atoms with E-state index in [0.717, 1.165) is 31.1 Å². The van der Waals surface area contributed by atoms with Gasteiger partial charge in [-0.3, -0.25) is 0 Å². The number of hydrogen-bond acceptors (Lipinski definition) is 2. The highest BCUT2D eigenvalue weighted by Gasteiger charge is 2.10. The predicted molar refractivity (Wildman–Crippen MR) is 86.2 cm³/mol. The largest absolute Gasteiger partial charge is 0.374 e. The molecule has 0 unspecified atom stereocenters. The van der Waals surface area contributed by atoms with E-state index in [0.29, 0.717) is 0 Å². The second kappa shape index (κ2) is 9.22. The van der Waals surface area contributed by atoms with Gasteiger partial charge in [0.1, 0.15) is 0 Å². The van der Waals surface area contributed by atoms with Crippen LogP contribution >= 0.6 is 11.6 Å². The second-order valence-electron chi connectivity index (χ2n) is 5.04. The van der Waals surface area contributed by atoms with Crippen molar-refractivity contribution < 1.29 is 0 Å². The molecule has 1 aromatic carbocycles. The van der Waals surface area contributed by atoms with E-state index in [1.165, 1.54) is 30.5 Å².